The third-order valence-corrected chi connectivity index (χ3v) is 9.40. The molecule has 0 atom stereocenters. The van der Waals surface area contributed by atoms with Gasteiger partial charge in [0.25, 0.3) is 0 Å². The van der Waals surface area contributed by atoms with Crippen LogP contribution in [-0.4, -0.2) is 19.1 Å². The quantitative estimate of drug-likeness (QED) is 0.211. The van der Waals surface area contributed by atoms with E-state index in [0.717, 1.165) is 28.7 Å². The second kappa shape index (κ2) is 9.25. The zero-order valence-electron chi connectivity index (χ0n) is 24.4. The molecule has 10 rings (SSSR count). The molecule has 4 nitrogen and oxygen atoms in total. The van der Waals surface area contributed by atoms with Crippen molar-refractivity contribution in [1.29, 1.82) is 0 Å². The number of benzene rings is 6. The summed E-state index contributed by atoms with van der Waals surface area (Å²) in [6.45, 7) is 0. The van der Waals surface area contributed by atoms with Crippen LogP contribution in [0.15, 0.2) is 146 Å². The summed E-state index contributed by atoms with van der Waals surface area (Å²) in [5.74, 6) is 0.704. The van der Waals surface area contributed by atoms with E-state index in [0.29, 0.717) is 5.95 Å². The molecule has 45 heavy (non-hydrogen) atoms. The van der Waals surface area contributed by atoms with Crippen molar-refractivity contribution >= 4 is 43.6 Å². The molecule has 0 radical (unpaired) electrons. The minimum absolute atomic E-state index is 0.704. The summed E-state index contributed by atoms with van der Waals surface area (Å²) in [6.07, 6.45) is 2.89. The number of hydrogen-bond acceptors (Lipinski definition) is 2. The van der Waals surface area contributed by atoms with Gasteiger partial charge >= 0.3 is 0 Å². The van der Waals surface area contributed by atoms with Gasteiger partial charge in [0.15, 0.2) is 0 Å². The standard InChI is InChI=1S/C41H26N4/c1-2-11-30(12-3-1)44-36-16-8-7-15-33(36)35-23-26(19-21-38(35)44)27-18-20-34-32-14-6-9-17-37(32)45(39(34)24-27)41-42-25-29-22-28-10-4-5-13-31(28)40(29)43-41/h1-21,23-25H,22H2. The molecule has 0 unspecified atom stereocenters. The number of para-hydroxylation sites is 3. The van der Waals surface area contributed by atoms with Crippen molar-refractivity contribution in [2.75, 3.05) is 0 Å². The van der Waals surface area contributed by atoms with E-state index in [1.165, 1.54) is 60.5 Å². The Hall–Kier alpha value is -6.00. The highest BCUT2D eigenvalue weighted by Crippen LogP contribution is 2.39. The van der Waals surface area contributed by atoms with Crippen LogP contribution >= 0.6 is 0 Å². The fourth-order valence-corrected chi connectivity index (χ4v) is 7.35. The monoisotopic (exact) mass is 574 g/mol. The smallest absolute Gasteiger partial charge is 0.235 e. The summed E-state index contributed by atoms with van der Waals surface area (Å²) >= 11 is 0. The molecule has 1 aliphatic rings. The van der Waals surface area contributed by atoms with E-state index in [1.54, 1.807) is 0 Å². The number of aromatic nitrogens is 4. The van der Waals surface area contributed by atoms with E-state index in [9.17, 15) is 0 Å². The van der Waals surface area contributed by atoms with Gasteiger partial charge in [0.2, 0.25) is 5.95 Å². The van der Waals surface area contributed by atoms with Crippen LogP contribution in [0.2, 0.25) is 0 Å². The Morgan fingerprint density at radius 2 is 1.11 bits per heavy atom. The topological polar surface area (TPSA) is 35.6 Å². The first-order chi connectivity index (χ1) is 22.3. The summed E-state index contributed by atoms with van der Waals surface area (Å²) < 4.78 is 4.59. The summed E-state index contributed by atoms with van der Waals surface area (Å²) in [6, 6.07) is 50.1. The molecule has 6 aromatic carbocycles. The van der Waals surface area contributed by atoms with Crippen LogP contribution in [0.3, 0.4) is 0 Å². The van der Waals surface area contributed by atoms with Gasteiger partial charge in [-0.05, 0) is 59.2 Å². The second-order valence-corrected chi connectivity index (χ2v) is 11.9. The molecule has 3 aromatic heterocycles. The van der Waals surface area contributed by atoms with Gasteiger partial charge in [-0.2, -0.15) is 0 Å². The van der Waals surface area contributed by atoms with Crippen LogP contribution in [0, 0.1) is 0 Å². The lowest BCUT2D eigenvalue weighted by Gasteiger charge is -2.10. The van der Waals surface area contributed by atoms with E-state index < -0.39 is 0 Å². The predicted octanol–water partition coefficient (Wildman–Crippen LogP) is 9.91. The maximum atomic E-state index is 5.20. The first-order valence-corrected chi connectivity index (χ1v) is 15.4. The fraction of sp³-hybridized carbons (Fsp3) is 0.0244. The molecule has 0 amide bonds. The molecule has 0 N–H and O–H groups in total. The summed E-state index contributed by atoms with van der Waals surface area (Å²) in [4.78, 5) is 10.1. The van der Waals surface area contributed by atoms with Crippen molar-refractivity contribution in [3.05, 3.63) is 157 Å². The Balaban J connectivity index is 1.19. The van der Waals surface area contributed by atoms with Crippen molar-refractivity contribution in [3.8, 4) is 34.0 Å². The molecule has 9 aromatic rings. The number of nitrogens with zero attached hydrogens (tertiary/aromatic N) is 4. The van der Waals surface area contributed by atoms with Crippen LogP contribution in [0.4, 0.5) is 0 Å². The molecule has 0 saturated heterocycles. The summed E-state index contributed by atoms with van der Waals surface area (Å²) in [5, 5.41) is 4.89. The highest BCUT2D eigenvalue weighted by atomic mass is 15.2. The molecule has 0 bridgehead atoms. The maximum absolute atomic E-state index is 5.20. The van der Waals surface area contributed by atoms with Gasteiger partial charge in [-0.1, -0.05) is 97.1 Å². The summed E-state index contributed by atoms with van der Waals surface area (Å²) in [5.41, 5.74) is 12.9. The molecule has 0 saturated carbocycles. The molecule has 0 aliphatic heterocycles. The Morgan fingerprint density at radius 3 is 1.98 bits per heavy atom. The van der Waals surface area contributed by atoms with Crippen molar-refractivity contribution in [3.63, 3.8) is 0 Å². The molecule has 0 spiro atoms. The van der Waals surface area contributed by atoms with Gasteiger partial charge in [0.05, 0.1) is 27.8 Å². The first-order valence-electron chi connectivity index (χ1n) is 15.4. The third-order valence-electron chi connectivity index (χ3n) is 9.40. The maximum Gasteiger partial charge on any atom is 0.235 e. The minimum Gasteiger partial charge on any atom is -0.309 e. The van der Waals surface area contributed by atoms with E-state index in [-0.39, 0.29) is 0 Å². The van der Waals surface area contributed by atoms with Crippen LogP contribution in [0.5, 0.6) is 0 Å². The van der Waals surface area contributed by atoms with Gasteiger partial charge in [-0.3, -0.25) is 4.57 Å². The van der Waals surface area contributed by atoms with Gasteiger partial charge in [0, 0.05) is 51.0 Å². The number of hydrogen-bond donors (Lipinski definition) is 0. The van der Waals surface area contributed by atoms with Crippen LogP contribution in [0.1, 0.15) is 11.1 Å². The molecule has 210 valence electrons. The van der Waals surface area contributed by atoms with Crippen molar-refractivity contribution in [1.82, 2.24) is 19.1 Å². The Labute approximate surface area is 259 Å². The normalized spacial score (nSPS) is 12.4. The van der Waals surface area contributed by atoms with E-state index in [4.69, 9.17) is 9.97 Å². The van der Waals surface area contributed by atoms with Gasteiger partial charge in [0.1, 0.15) is 0 Å². The van der Waals surface area contributed by atoms with E-state index >= 15 is 0 Å². The zero-order valence-corrected chi connectivity index (χ0v) is 24.4. The lowest BCUT2D eigenvalue weighted by atomic mass is 10.0. The molecule has 0 fully saturated rings. The third kappa shape index (κ3) is 3.54. The number of fused-ring (bicyclic) bond motifs is 9. The van der Waals surface area contributed by atoms with Gasteiger partial charge < -0.3 is 4.57 Å². The molecular formula is C41H26N4. The molecule has 3 heterocycles. The predicted molar refractivity (Wildman–Crippen MR) is 184 cm³/mol. The van der Waals surface area contributed by atoms with Crippen LogP contribution in [-0.2, 0) is 6.42 Å². The zero-order chi connectivity index (χ0) is 29.5. The highest BCUT2D eigenvalue weighted by molar-refractivity contribution is 6.12. The van der Waals surface area contributed by atoms with Crippen molar-refractivity contribution < 1.29 is 0 Å². The first kappa shape index (κ1) is 24.4. The lowest BCUT2D eigenvalue weighted by Crippen LogP contribution is -2.02. The van der Waals surface area contributed by atoms with Crippen LogP contribution in [0.25, 0.3) is 77.6 Å². The Morgan fingerprint density at radius 1 is 0.467 bits per heavy atom. The second-order valence-electron chi connectivity index (χ2n) is 11.9. The van der Waals surface area contributed by atoms with E-state index in [2.05, 4.69) is 149 Å². The molecule has 4 heteroatoms. The molecule has 1 aliphatic carbocycles. The van der Waals surface area contributed by atoms with Crippen molar-refractivity contribution in [2.24, 2.45) is 0 Å². The van der Waals surface area contributed by atoms with Gasteiger partial charge in [-0.15, -0.1) is 0 Å². The highest BCUT2D eigenvalue weighted by Gasteiger charge is 2.22. The van der Waals surface area contributed by atoms with Gasteiger partial charge in [-0.25, -0.2) is 9.97 Å². The molecular weight excluding hydrogens is 548 g/mol. The summed E-state index contributed by atoms with van der Waals surface area (Å²) in [7, 11) is 0. The average molecular weight is 575 g/mol. The SMILES string of the molecule is c1ccc(-n2c3ccccc3c3cc(-c4ccc5c6ccccc6n(-c6ncc7c(n6)-c6ccccc6C7)c5c4)ccc32)cc1. The van der Waals surface area contributed by atoms with Crippen molar-refractivity contribution in [2.45, 2.75) is 6.42 Å². The lowest BCUT2D eigenvalue weighted by molar-refractivity contribution is 0.980. The fourth-order valence-electron chi connectivity index (χ4n) is 7.35. The minimum atomic E-state index is 0.704. The number of rotatable bonds is 3. The Kier molecular flexibility index (Phi) is 5.02. The average Bonchev–Trinajstić information content (AvgIpc) is 3.75. The Bertz CT molecular complexity index is 2620. The largest absolute Gasteiger partial charge is 0.309 e. The van der Waals surface area contributed by atoms with E-state index in [1.807, 2.05) is 6.20 Å². The van der Waals surface area contributed by atoms with Crippen LogP contribution < -0.4 is 0 Å².